The Morgan fingerprint density at radius 2 is 2.24 bits per heavy atom. The minimum Gasteiger partial charge on any atom is -0.472 e. The van der Waals surface area contributed by atoms with Crippen LogP contribution in [0.15, 0.2) is 46.6 Å². The monoisotopic (exact) mass is 419 g/mol. The summed E-state index contributed by atoms with van der Waals surface area (Å²) in [6.07, 6.45) is 7.95. The van der Waals surface area contributed by atoms with Crippen molar-refractivity contribution in [3.05, 3.63) is 47.8 Å². The zero-order valence-corrected chi connectivity index (χ0v) is 17.4. The van der Waals surface area contributed by atoms with Gasteiger partial charge in [-0.3, -0.25) is 14.4 Å². The molecule has 1 aromatic heterocycles. The Balaban J connectivity index is 2.01. The molecule has 3 heterocycles. The second-order valence-electron chi connectivity index (χ2n) is 7.12. The van der Waals surface area contributed by atoms with E-state index in [2.05, 4.69) is 6.58 Å². The highest BCUT2D eigenvalue weighted by molar-refractivity contribution is 8.05. The number of amides is 1. The van der Waals surface area contributed by atoms with Gasteiger partial charge in [0.05, 0.1) is 35.5 Å². The number of carbonyl (C=O) groups is 3. The summed E-state index contributed by atoms with van der Waals surface area (Å²) in [5.74, 6) is -0.934. The van der Waals surface area contributed by atoms with E-state index in [4.69, 9.17) is 13.9 Å². The van der Waals surface area contributed by atoms with E-state index in [1.54, 1.807) is 36.5 Å². The van der Waals surface area contributed by atoms with E-state index < -0.39 is 22.8 Å². The zero-order valence-electron chi connectivity index (χ0n) is 16.6. The second-order valence-corrected chi connectivity index (χ2v) is 8.24. The quantitative estimate of drug-likeness (QED) is 0.364. The van der Waals surface area contributed by atoms with Crippen LogP contribution in [0.3, 0.4) is 0 Å². The highest BCUT2D eigenvalue weighted by Crippen LogP contribution is 2.55. The standard InChI is InChI=1S/C21H25NO6S/c1-4-6-7-17-18(24)22-16(13-28-14(3)23)11-21(19(22)29-17,20(25)27-5-2)10-15-8-9-26-12-15/h4,7-9,12,16,19H,1,5-6,10-11,13H2,2-3H3/b17-7-/t16-,19?,21-/m0/s1. The molecule has 2 aliphatic heterocycles. The van der Waals surface area contributed by atoms with Crippen LogP contribution in [-0.2, 0) is 30.3 Å². The first-order valence-electron chi connectivity index (χ1n) is 9.55. The Kier molecular flexibility index (Phi) is 6.52. The molecular weight excluding hydrogens is 394 g/mol. The van der Waals surface area contributed by atoms with E-state index >= 15 is 0 Å². The third kappa shape index (κ3) is 4.12. The summed E-state index contributed by atoms with van der Waals surface area (Å²) in [6.45, 7) is 7.06. The Bertz CT molecular complexity index is 817. The number of rotatable bonds is 8. The molecule has 3 rings (SSSR count). The fourth-order valence-electron chi connectivity index (χ4n) is 3.94. The number of fused-ring (bicyclic) bond motifs is 1. The smallest absolute Gasteiger partial charge is 0.315 e. The number of ether oxygens (including phenoxy) is 2. The van der Waals surface area contributed by atoms with Crippen LogP contribution in [0.4, 0.5) is 0 Å². The van der Waals surface area contributed by atoms with Gasteiger partial charge in [-0.2, -0.15) is 0 Å². The predicted octanol–water partition coefficient (Wildman–Crippen LogP) is 3.07. The zero-order chi connectivity index (χ0) is 21.0. The summed E-state index contributed by atoms with van der Waals surface area (Å²) in [5, 5.41) is -0.444. The summed E-state index contributed by atoms with van der Waals surface area (Å²) >= 11 is 1.37. The third-order valence-corrected chi connectivity index (χ3v) is 6.63. The molecule has 0 aliphatic carbocycles. The molecule has 2 fully saturated rings. The number of hydrogen-bond donors (Lipinski definition) is 0. The van der Waals surface area contributed by atoms with E-state index in [0.717, 1.165) is 5.56 Å². The van der Waals surface area contributed by atoms with Crippen molar-refractivity contribution in [3.63, 3.8) is 0 Å². The average molecular weight is 419 g/mol. The van der Waals surface area contributed by atoms with E-state index in [-0.39, 0.29) is 25.1 Å². The van der Waals surface area contributed by atoms with E-state index in [1.807, 2.05) is 6.08 Å². The average Bonchev–Trinajstić information content (AvgIpc) is 3.37. The normalized spacial score (nSPS) is 27.2. The van der Waals surface area contributed by atoms with Crippen molar-refractivity contribution in [1.82, 2.24) is 4.90 Å². The molecule has 0 radical (unpaired) electrons. The number of allylic oxidation sites excluding steroid dienone is 2. The molecule has 0 N–H and O–H groups in total. The first-order chi connectivity index (χ1) is 13.9. The van der Waals surface area contributed by atoms with Gasteiger partial charge in [-0.1, -0.05) is 23.9 Å². The SMILES string of the molecule is C=CC/C=C1\SC2N(C1=O)[C@H](COC(C)=O)C[C@]2(Cc1ccoc1)C(=O)OCC. The molecule has 3 atom stereocenters. The molecule has 2 aliphatic rings. The summed E-state index contributed by atoms with van der Waals surface area (Å²) in [4.78, 5) is 39.9. The van der Waals surface area contributed by atoms with Crippen molar-refractivity contribution in [2.75, 3.05) is 13.2 Å². The van der Waals surface area contributed by atoms with Crippen LogP contribution in [-0.4, -0.2) is 47.4 Å². The largest absolute Gasteiger partial charge is 0.472 e. The molecule has 0 saturated carbocycles. The maximum atomic E-state index is 13.2. The second kappa shape index (κ2) is 8.90. The van der Waals surface area contributed by atoms with Crippen LogP contribution >= 0.6 is 11.8 Å². The van der Waals surface area contributed by atoms with Crippen LogP contribution < -0.4 is 0 Å². The molecule has 1 aromatic rings. The van der Waals surface area contributed by atoms with Crippen LogP contribution in [0.5, 0.6) is 0 Å². The van der Waals surface area contributed by atoms with Crippen molar-refractivity contribution in [3.8, 4) is 0 Å². The molecule has 2 saturated heterocycles. The molecule has 1 amide bonds. The molecule has 1 unspecified atom stereocenters. The maximum absolute atomic E-state index is 13.2. The van der Waals surface area contributed by atoms with Crippen molar-refractivity contribution in [2.24, 2.45) is 5.41 Å². The van der Waals surface area contributed by atoms with Gasteiger partial charge in [0.2, 0.25) is 0 Å². The van der Waals surface area contributed by atoms with E-state index in [1.165, 1.54) is 18.7 Å². The van der Waals surface area contributed by atoms with Gasteiger partial charge >= 0.3 is 11.9 Å². The van der Waals surface area contributed by atoms with Gasteiger partial charge in [-0.05, 0) is 37.8 Å². The van der Waals surface area contributed by atoms with E-state index in [0.29, 0.717) is 24.2 Å². The van der Waals surface area contributed by atoms with Gasteiger partial charge in [-0.15, -0.1) is 6.58 Å². The highest BCUT2D eigenvalue weighted by atomic mass is 32.2. The Morgan fingerprint density at radius 3 is 2.86 bits per heavy atom. The third-order valence-electron chi connectivity index (χ3n) is 5.13. The number of furan rings is 1. The molecular formula is C21H25NO6S. The van der Waals surface area contributed by atoms with Gasteiger partial charge in [0.25, 0.3) is 5.91 Å². The van der Waals surface area contributed by atoms with Crippen LogP contribution in [0, 0.1) is 5.41 Å². The van der Waals surface area contributed by atoms with E-state index in [9.17, 15) is 14.4 Å². The fraction of sp³-hybridized carbons (Fsp3) is 0.476. The molecule has 0 spiro atoms. The van der Waals surface area contributed by atoms with Crippen LogP contribution in [0.1, 0.15) is 32.3 Å². The first kappa shape index (κ1) is 21.2. The minimum atomic E-state index is -0.963. The lowest BCUT2D eigenvalue weighted by atomic mass is 9.79. The van der Waals surface area contributed by atoms with Crippen molar-refractivity contribution < 1.29 is 28.3 Å². The lowest BCUT2D eigenvalue weighted by Crippen LogP contribution is -2.44. The van der Waals surface area contributed by atoms with Crippen LogP contribution in [0.2, 0.25) is 0 Å². The van der Waals surface area contributed by atoms with Gasteiger partial charge in [-0.25, -0.2) is 0 Å². The molecule has 29 heavy (non-hydrogen) atoms. The Hall–Kier alpha value is -2.48. The maximum Gasteiger partial charge on any atom is 0.315 e. The number of thioether (sulfide) groups is 1. The summed E-state index contributed by atoms with van der Waals surface area (Å²) in [7, 11) is 0. The topological polar surface area (TPSA) is 86.0 Å². The Morgan fingerprint density at radius 1 is 1.45 bits per heavy atom. The lowest BCUT2D eigenvalue weighted by molar-refractivity contribution is -0.155. The van der Waals surface area contributed by atoms with Gasteiger partial charge in [0.1, 0.15) is 12.0 Å². The fourth-order valence-corrected chi connectivity index (χ4v) is 5.47. The highest BCUT2D eigenvalue weighted by Gasteiger charge is 2.63. The molecule has 0 aromatic carbocycles. The molecule has 8 heteroatoms. The van der Waals surface area contributed by atoms with Crippen molar-refractivity contribution in [1.29, 1.82) is 0 Å². The number of carbonyl (C=O) groups excluding carboxylic acids is 3. The lowest BCUT2D eigenvalue weighted by Gasteiger charge is -2.31. The van der Waals surface area contributed by atoms with Crippen LogP contribution in [0.25, 0.3) is 0 Å². The summed E-state index contributed by atoms with van der Waals surface area (Å²) in [5.41, 5.74) is -0.114. The van der Waals surface area contributed by atoms with Gasteiger partial charge < -0.3 is 18.8 Å². The number of esters is 2. The van der Waals surface area contributed by atoms with Crippen molar-refractivity contribution in [2.45, 2.75) is 44.5 Å². The molecule has 156 valence electrons. The predicted molar refractivity (Wildman–Crippen MR) is 108 cm³/mol. The van der Waals surface area contributed by atoms with Gasteiger partial charge in [0.15, 0.2) is 0 Å². The number of nitrogens with zero attached hydrogens (tertiary/aromatic N) is 1. The number of hydrogen-bond acceptors (Lipinski definition) is 7. The summed E-state index contributed by atoms with van der Waals surface area (Å²) < 4.78 is 15.9. The first-order valence-corrected chi connectivity index (χ1v) is 10.4. The molecule has 7 nitrogen and oxygen atoms in total. The minimum absolute atomic E-state index is 0.0411. The molecule has 0 bridgehead atoms. The summed E-state index contributed by atoms with van der Waals surface area (Å²) in [6, 6.07) is 1.40. The van der Waals surface area contributed by atoms with Gasteiger partial charge in [0, 0.05) is 6.92 Å². The van der Waals surface area contributed by atoms with Crippen molar-refractivity contribution >= 4 is 29.6 Å². The Labute approximate surface area is 174 Å².